The van der Waals surface area contributed by atoms with Gasteiger partial charge in [-0.2, -0.15) is 0 Å². The first kappa shape index (κ1) is 11.2. The summed E-state index contributed by atoms with van der Waals surface area (Å²) < 4.78 is 0. The number of hydrogen-bond donors (Lipinski definition) is 0. The Labute approximate surface area is 95.2 Å². The van der Waals surface area contributed by atoms with Crippen molar-refractivity contribution in [1.29, 1.82) is 0 Å². The van der Waals surface area contributed by atoms with Gasteiger partial charge in [-0.05, 0) is 30.1 Å². The fourth-order valence-corrected chi connectivity index (χ4v) is 4.49. The van der Waals surface area contributed by atoms with Crippen LogP contribution in [0.15, 0.2) is 0 Å². The Balaban J connectivity index is 2.12. The molecule has 3 heteroatoms. The Bertz CT molecular complexity index is 298. The normalized spacial score (nSPS) is 41.8. The van der Waals surface area contributed by atoms with E-state index in [1.54, 1.807) is 6.92 Å². The minimum atomic E-state index is 0.0962. The van der Waals surface area contributed by atoms with Crippen LogP contribution in [0.1, 0.15) is 33.6 Å². The SMILES string of the molecule is CC(=O)SC1CC2CC(C1C=O)C2(C)C. The summed E-state index contributed by atoms with van der Waals surface area (Å²) in [7, 11) is 0. The fourth-order valence-electron chi connectivity index (χ4n) is 3.33. The molecule has 2 bridgehead atoms. The van der Waals surface area contributed by atoms with Crippen LogP contribution in [0.4, 0.5) is 0 Å². The summed E-state index contributed by atoms with van der Waals surface area (Å²) >= 11 is 1.37. The lowest BCUT2D eigenvalue weighted by atomic mass is 9.45. The third kappa shape index (κ3) is 1.65. The average molecular weight is 226 g/mol. The van der Waals surface area contributed by atoms with Crippen molar-refractivity contribution in [3.63, 3.8) is 0 Å². The van der Waals surface area contributed by atoms with Crippen LogP contribution in [-0.2, 0) is 9.59 Å². The highest BCUT2D eigenvalue weighted by molar-refractivity contribution is 8.14. The number of thioether (sulfide) groups is 1. The van der Waals surface area contributed by atoms with E-state index in [4.69, 9.17) is 0 Å². The van der Waals surface area contributed by atoms with Crippen molar-refractivity contribution in [2.24, 2.45) is 23.2 Å². The molecule has 84 valence electrons. The summed E-state index contributed by atoms with van der Waals surface area (Å²) in [6.45, 7) is 6.12. The van der Waals surface area contributed by atoms with Crippen molar-refractivity contribution in [3.05, 3.63) is 0 Å². The predicted octanol–water partition coefficient (Wildman–Crippen LogP) is 2.52. The molecule has 0 aromatic rings. The van der Waals surface area contributed by atoms with E-state index < -0.39 is 0 Å². The average Bonchev–Trinajstić information content (AvgIpc) is 2.16. The van der Waals surface area contributed by atoms with Crippen molar-refractivity contribution in [2.45, 2.75) is 38.9 Å². The van der Waals surface area contributed by atoms with Crippen molar-refractivity contribution in [1.82, 2.24) is 0 Å². The number of fused-ring (bicyclic) bond motifs is 2. The van der Waals surface area contributed by atoms with Crippen LogP contribution in [0.3, 0.4) is 0 Å². The van der Waals surface area contributed by atoms with E-state index in [9.17, 15) is 9.59 Å². The monoisotopic (exact) mass is 226 g/mol. The maximum Gasteiger partial charge on any atom is 0.186 e. The van der Waals surface area contributed by atoms with Gasteiger partial charge in [0.25, 0.3) is 0 Å². The Morgan fingerprint density at radius 1 is 1.40 bits per heavy atom. The minimum absolute atomic E-state index is 0.0962. The molecule has 0 saturated heterocycles. The summed E-state index contributed by atoms with van der Waals surface area (Å²) in [5, 5.41) is 0.391. The number of rotatable bonds is 2. The third-order valence-corrected chi connectivity index (χ3v) is 5.57. The van der Waals surface area contributed by atoms with Crippen LogP contribution in [0.5, 0.6) is 0 Å². The van der Waals surface area contributed by atoms with E-state index in [0.717, 1.165) is 18.6 Å². The Hall–Kier alpha value is -0.310. The summed E-state index contributed by atoms with van der Waals surface area (Å²) in [5.41, 5.74) is 0.319. The first-order chi connectivity index (χ1) is 6.96. The van der Waals surface area contributed by atoms with Crippen molar-refractivity contribution >= 4 is 23.2 Å². The molecule has 3 aliphatic rings. The Kier molecular flexibility index (Phi) is 2.70. The molecule has 0 aliphatic heterocycles. The smallest absolute Gasteiger partial charge is 0.186 e. The van der Waals surface area contributed by atoms with Crippen molar-refractivity contribution < 1.29 is 9.59 Å². The second kappa shape index (κ2) is 3.62. The van der Waals surface area contributed by atoms with Gasteiger partial charge in [0.1, 0.15) is 6.29 Å². The van der Waals surface area contributed by atoms with Crippen LogP contribution < -0.4 is 0 Å². The molecule has 0 radical (unpaired) electrons. The molecule has 2 nitrogen and oxygen atoms in total. The maximum atomic E-state index is 11.2. The molecule has 0 heterocycles. The molecule has 0 aromatic heterocycles. The van der Waals surface area contributed by atoms with Crippen LogP contribution in [-0.4, -0.2) is 16.7 Å². The van der Waals surface area contributed by atoms with E-state index in [-0.39, 0.29) is 16.3 Å². The lowest BCUT2D eigenvalue weighted by Gasteiger charge is -2.61. The van der Waals surface area contributed by atoms with Gasteiger partial charge in [0.15, 0.2) is 5.12 Å². The Morgan fingerprint density at radius 3 is 2.53 bits per heavy atom. The number of carbonyl (C=O) groups excluding carboxylic acids is 2. The molecular formula is C12H18O2S. The van der Waals surface area contributed by atoms with E-state index in [0.29, 0.717) is 11.3 Å². The molecular weight excluding hydrogens is 208 g/mol. The highest BCUT2D eigenvalue weighted by Crippen LogP contribution is 2.62. The molecule has 3 fully saturated rings. The van der Waals surface area contributed by atoms with Gasteiger partial charge in [0.2, 0.25) is 0 Å². The van der Waals surface area contributed by atoms with Gasteiger partial charge in [-0.25, -0.2) is 0 Å². The first-order valence-corrected chi connectivity index (χ1v) is 6.47. The largest absolute Gasteiger partial charge is 0.303 e. The van der Waals surface area contributed by atoms with Crippen molar-refractivity contribution in [2.75, 3.05) is 0 Å². The molecule has 3 aliphatic carbocycles. The molecule has 0 spiro atoms. The molecule has 3 saturated carbocycles. The highest BCUT2D eigenvalue weighted by Gasteiger charge is 2.57. The van der Waals surface area contributed by atoms with Gasteiger partial charge in [-0.1, -0.05) is 25.6 Å². The summed E-state index contributed by atoms with van der Waals surface area (Å²) in [6, 6.07) is 0. The standard InChI is InChI=1S/C12H18O2S/c1-7(14)15-11-5-8-4-10(9(11)6-13)12(8,2)3/h6,8-11H,4-5H2,1-3H3. The van der Waals surface area contributed by atoms with Gasteiger partial charge in [-0.15, -0.1) is 0 Å². The third-order valence-electron chi connectivity index (χ3n) is 4.43. The molecule has 15 heavy (non-hydrogen) atoms. The molecule has 0 amide bonds. The van der Waals surface area contributed by atoms with Gasteiger partial charge in [0, 0.05) is 18.1 Å². The summed E-state index contributed by atoms with van der Waals surface area (Å²) in [4.78, 5) is 22.3. The zero-order valence-corrected chi connectivity index (χ0v) is 10.3. The van der Waals surface area contributed by atoms with Gasteiger partial charge in [-0.3, -0.25) is 4.79 Å². The van der Waals surface area contributed by atoms with E-state index in [1.165, 1.54) is 18.2 Å². The number of aldehydes is 1. The number of carbonyl (C=O) groups is 2. The second-order valence-corrected chi connectivity index (χ2v) is 6.87. The van der Waals surface area contributed by atoms with Crippen LogP contribution >= 0.6 is 11.8 Å². The highest BCUT2D eigenvalue weighted by atomic mass is 32.2. The molecule has 4 unspecified atom stereocenters. The van der Waals surface area contributed by atoms with Crippen molar-refractivity contribution in [3.8, 4) is 0 Å². The topological polar surface area (TPSA) is 34.1 Å². The van der Waals surface area contributed by atoms with E-state index in [1.807, 2.05) is 0 Å². The lowest BCUT2D eigenvalue weighted by molar-refractivity contribution is -0.133. The zero-order chi connectivity index (χ0) is 11.2. The maximum absolute atomic E-state index is 11.2. The molecule has 3 rings (SSSR count). The summed E-state index contributed by atoms with van der Waals surface area (Å²) in [5.74, 6) is 1.32. The van der Waals surface area contributed by atoms with Gasteiger partial charge < -0.3 is 4.79 Å². The predicted molar refractivity (Wildman–Crippen MR) is 61.6 cm³/mol. The molecule has 0 aromatic carbocycles. The second-order valence-electron chi connectivity index (χ2n) is 5.46. The van der Waals surface area contributed by atoms with Gasteiger partial charge in [0.05, 0.1) is 0 Å². The molecule has 0 N–H and O–H groups in total. The minimum Gasteiger partial charge on any atom is -0.303 e. The fraction of sp³-hybridized carbons (Fsp3) is 0.833. The van der Waals surface area contributed by atoms with Crippen LogP contribution in [0.25, 0.3) is 0 Å². The summed E-state index contributed by atoms with van der Waals surface area (Å²) in [6.07, 6.45) is 3.31. The van der Waals surface area contributed by atoms with Crippen LogP contribution in [0, 0.1) is 23.2 Å². The van der Waals surface area contributed by atoms with Gasteiger partial charge >= 0.3 is 0 Å². The van der Waals surface area contributed by atoms with E-state index >= 15 is 0 Å². The first-order valence-electron chi connectivity index (χ1n) is 5.59. The zero-order valence-electron chi connectivity index (χ0n) is 9.53. The molecule has 4 atom stereocenters. The Morgan fingerprint density at radius 2 is 2.07 bits per heavy atom. The lowest BCUT2D eigenvalue weighted by Crippen LogP contribution is -2.57. The van der Waals surface area contributed by atoms with Crippen LogP contribution in [0.2, 0.25) is 0 Å². The number of hydrogen-bond acceptors (Lipinski definition) is 3. The quantitative estimate of drug-likeness (QED) is 0.678. The van der Waals surface area contributed by atoms with E-state index in [2.05, 4.69) is 13.8 Å².